The number of ether oxygens (including phenoxy) is 1. The van der Waals surface area contributed by atoms with Gasteiger partial charge < -0.3 is 28.9 Å². The van der Waals surface area contributed by atoms with E-state index in [2.05, 4.69) is 104 Å². The third kappa shape index (κ3) is 11.8. The maximum atomic E-state index is 16.3. The Labute approximate surface area is 311 Å². The molecular weight excluding hydrogens is 680 g/mol. The van der Waals surface area contributed by atoms with Gasteiger partial charge in [0.2, 0.25) is 0 Å². The van der Waals surface area contributed by atoms with Crippen molar-refractivity contribution < 1.29 is 38.1 Å². The molecule has 1 aromatic carbocycles. The Balaban J connectivity index is 1.72. The summed E-state index contributed by atoms with van der Waals surface area (Å²) in [6, 6.07) is 8.75. The van der Waals surface area contributed by atoms with Gasteiger partial charge >= 0.3 is 5.97 Å². The van der Waals surface area contributed by atoms with Gasteiger partial charge in [-0.1, -0.05) is 78.0 Å². The van der Waals surface area contributed by atoms with Crippen LogP contribution in [0.3, 0.4) is 0 Å². The van der Waals surface area contributed by atoms with E-state index in [1.165, 1.54) is 11.1 Å². The average Bonchev–Trinajstić information content (AvgIpc) is 3.60. The number of alkyl halides is 1. The van der Waals surface area contributed by atoms with Gasteiger partial charge in [-0.05, 0) is 110 Å². The molecule has 0 saturated heterocycles. The van der Waals surface area contributed by atoms with Crippen molar-refractivity contribution in [3.63, 3.8) is 0 Å². The molecule has 1 fully saturated rings. The van der Waals surface area contributed by atoms with E-state index in [1.54, 1.807) is 0 Å². The van der Waals surface area contributed by atoms with Crippen LogP contribution in [0.15, 0.2) is 36.4 Å². The van der Waals surface area contributed by atoms with Gasteiger partial charge in [0.15, 0.2) is 16.6 Å². The lowest BCUT2D eigenvalue weighted by Gasteiger charge is -2.42. The number of aliphatic hydroxyl groups excluding tert-OH is 3. The van der Waals surface area contributed by atoms with E-state index in [1.807, 2.05) is 0 Å². The van der Waals surface area contributed by atoms with Crippen LogP contribution in [0.4, 0.5) is 4.39 Å². The average molecular weight is 751 g/mol. The lowest BCUT2D eigenvalue weighted by molar-refractivity contribution is -0.151. The van der Waals surface area contributed by atoms with Gasteiger partial charge in [0.25, 0.3) is 0 Å². The zero-order valence-electron chi connectivity index (χ0n) is 33.5. The summed E-state index contributed by atoms with van der Waals surface area (Å²) in [6.07, 6.45) is 9.51. The van der Waals surface area contributed by atoms with E-state index in [0.717, 1.165) is 32.1 Å². The molecule has 1 saturated carbocycles. The quantitative estimate of drug-likeness (QED) is 0.0564. The maximum absolute atomic E-state index is 16.3. The summed E-state index contributed by atoms with van der Waals surface area (Å²) in [7, 11) is -4.21. The first-order valence-electron chi connectivity index (χ1n) is 19.4. The maximum Gasteiger partial charge on any atom is 0.305 e. The smallest absolute Gasteiger partial charge is 0.305 e. The molecule has 0 bridgehead atoms. The SMILES string of the molecule is CC(C)(C)[Si](C)(C)OC(CC[C@@H]1[C@@H](CC=CCCCC(=O)OCC(CO)(CO)CO)[C@@H](O[Si](C)(C)C(C)(C)C)C[C@@H]1F)C1Cc2ccccc2C1. The molecule has 7 nitrogen and oxygen atoms in total. The highest BCUT2D eigenvalue weighted by molar-refractivity contribution is 6.74. The minimum absolute atomic E-state index is 0.0245. The fourth-order valence-electron chi connectivity index (χ4n) is 7.01. The molecule has 10 heteroatoms. The molecule has 2 aliphatic carbocycles. The number of hydrogen-bond acceptors (Lipinski definition) is 7. The number of allylic oxidation sites excluding steroid dienone is 2. The van der Waals surface area contributed by atoms with Crippen molar-refractivity contribution in [3.8, 4) is 0 Å². The van der Waals surface area contributed by atoms with Crippen molar-refractivity contribution in [2.24, 2.45) is 23.2 Å². The molecule has 1 unspecified atom stereocenters. The van der Waals surface area contributed by atoms with Gasteiger partial charge in [0.1, 0.15) is 12.8 Å². The molecule has 0 heterocycles. The summed E-state index contributed by atoms with van der Waals surface area (Å²) in [5.74, 6) is -0.0821. The minimum Gasteiger partial charge on any atom is -0.465 e. The summed E-state index contributed by atoms with van der Waals surface area (Å²) in [6.45, 7) is 21.1. The van der Waals surface area contributed by atoms with Crippen molar-refractivity contribution in [1.82, 2.24) is 0 Å². The van der Waals surface area contributed by atoms with Crippen molar-refractivity contribution in [1.29, 1.82) is 0 Å². The highest BCUT2D eigenvalue weighted by Crippen LogP contribution is 2.47. The van der Waals surface area contributed by atoms with Crippen LogP contribution < -0.4 is 0 Å². The normalized spacial score (nSPS) is 22.9. The number of fused-ring (bicyclic) bond motifs is 1. The Morgan fingerprint density at radius 2 is 1.47 bits per heavy atom. The van der Waals surface area contributed by atoms with Crippen LogP contribution in [0.1, 0.15) is 97.6 Å². The van der Waals surface area contributed by atoms with Crippen LogP contribution >= 0.6 is 0 Å². The van der Waals surface area contributed by atoms with Gasteiger partial charge in [0.05, 0.1) is 31.3 Å². The molecule has 5 atom stereocenters. The second-order valence-corrected chi connectivity index (χ2v) is 28.2. The van der Waals surface area contributed by atoms with E-state index < -0.39 is 54.0 Å². The fourth-order valence-corrected chi connectivity index (χ4v) is 9.82. The van der Waals surface area contributed by atoms with Crippen molar-refractivity contribution in [2.45, 2.75) is 154 Å². The summed E-state index contributed by atoms with van der Waals surface area (Å²) in [5.41, 5.74) is 1.61. The first-order valence-corrected chi connectivity index (χ1v) is 25.2. The Hall–Kier alpha value is -1.41. The number of esters is 1. The molecular formula is C41H71FO7Si2. The molecule has 0 aliphatic heterocycles. The van der Waals surface area contributed by atoms with E-state index in [-0.39, 0.29) is 47.1 Å². The van der Waals surface area contributed by atoms with E-state index in [9.17, 15) is 20.1 Å². The lowest BCUT2D eigenvalue weighted by Crippen LogP contribution is -2.46. The highest BCUT2D eigenvalue weighted by Gasteiger charge is 2.49. The van der Waals surface area contributed by atoms with E-state index in [0.29, 0.717) is 25.2 Å². The molecule has 3 rings (SSSR count). The number of aliphatic hydroxyl groups is 3. The van der Waals surface area contributed by atoms with Crippen LogP contribution in [0.2, 0.25) is 36.3 Å². The van der Waals surface area contributed by atoms with Crippen molar-refractivity contribution in [2.75, 3.05) is 26.4 Å². The Bertz CT molecular complexity index is 1230. The molecule has 51 heavy (non-hydrogen) atoms. The van der Waals surface area contributed by atoms with Crippen LogP contribution in [-0.4, -0.2) is 82.7 Å². The first-order chi connectivity index (χ1) is 23.7. The summed E-state index contributed by atoms with van der Waals surface area (Å²) >= 11 is 0. The second kappa shape index (κ2) is 18.3. The number of rotatable bonds is 19. The zero-order valence-corrected chi connectivity index (χ0v) is 35.5. The summed E-state index contributed by atoms with van der Waals surface area (Å²) in [5, 5.41) is 28.5. The van der Waals surface area contributed by atoms with Crippen LogP contribution in [0.25, 0.3) is 0 Å². The van der Waals surface area contributed by atoms with Gasteiger partial charge in [0, 0.05) is 18.9 Å². The Kier molecular flexibility index (Phi) is 15.8. The molecule has 1 aromatic rings. The van der Waals surface area contributed by atoms with E-state index in [4.69, 9.17) is 13.6 Å². The third-order valence-electron chi connectivity index (χ3n) is 12.7. The molecule has 0 radical (unpaired) electrons. The van der Waals surface area contributed by atoms with Gasteiger partial charge in [-0.15, -0.1) is 0 Å². The fraction of sp³-hybridized carbons (Fsp3) is 0.780. The van der Waals surface area contributed by atoms with Crippen molar-refractivity contribution >= 4 is 22.6 Å². The van der Waals surface area contributed by atoms with Gasteiger partial charge in [-0.2, -0.15) is 0 Å². The molecule has 0 aromatic heterocycles. The highest BCUT2D eigenvalue weighted by atomic mass is 28.4. The largest absolute Gasteiger partial charge is 0.465 e. The molecule has 2 aliphatic rings. The monoisotopic (exact) mass is 750 g/mol. The minimum atomic E-state index is -2.14. The standard InChI is InChI=1S/C41H71FO7Si2/c1-39(2,3)50(7,8)48-36(32-23-30-17-15-16-18-31(30)24-32)22-21-33-34(37(25-35(33)42)49-51(9,10)40(4,5)6)19-13-11-12-14-20-38(46)47-29-41(26-43,27-44)28-45/h11,13,15-18,32-37,43-45H,12,14,19-29H2,1-10H3/t33-,34-,35+,36?,37+/m1/s1. The van der Waals surface area contributed by atoms with Crippen LogP contribution in [0, 0.1) is 23.2 Å². The zero-order chi connectivity index (χ0) is 38.3. The summed E-state index contributed by atoms with van der Waals surface area (Å²) < 4.78 is 35.7. The molecule has 0 spiro atoms. The number of unbranched alkanes of at least 4 members (excludes halogenated alkanes) is 1. The summed E-state index contributed by atoms with van der Waals surface area (Å²) in [4.78, 5) is 12.3. The number of halogens is 1. The lowest BCUT2D eigenvalue weighted by atomic mass is 9.84. The number of carbonyl (C=O) groups is 1. The first kappa shape index (κ1) is 44.0. The third-order valence-corrected chi connectivity index (χ3v) is 21.7. The van der Waals surface area contributed by atoms with Crippen molar-refractivity contribution in [3.05, 3.63) is 47.5 Å². The Morgan fingerprint density at radius 3 is 2.00 bits per heavy atom. The number of hydrogen-bond donors (Lipinski definition) is 3. The predicted octanol–water partition coefficient (Wildman–Crippen LogP) is 8.56. The van der Waals surface area contributed by atoms with Gasteiger partial charge in [-0.3, -0.25) is 4.79 Å². The molecule has 3 N–H and O–H groups in total. The molecule has 0 amide bonds. The second-order valence-electron chi connectivity index (χ2n) is 18.7. The van der Waals surface area contributed by atoms with Gasteiger partial charge in [-0.25, -0.2) is 4.39 Å². The number of carbonyl (C=O) groups excluding carboxylic acids is 1. The predicted molar refractivity (Wildman–Crippen MR) is 209 cm³/mol. The van der Waals surface area contributed by atoms with E-state index >= 15 is 4.39 Å². The van der Waals surface area contributed by atoms with Crippen LogP contribution in [0.5, 0.6) is 0 Å². The van der Waals surface area contributed by atoms with Crippen LogP contribution in [-0.2, 0) is 31.2 Å². The Morgan fingerprint density at radius 1 is 0.902 bits per heavy atom. The molecule has 292 valence electrons. The number of benzene rings is 1. The topological polar surface area (TPSA) is 105 Å².